The zero-order chi connectivity index (χ0) is 14.8. The highest BCUT2D eigenvalue weighted by Crippen LogP contribution is 2.23. The number of nitrogens with zero attached hydrogens (tertiary/aromatic N) is 4. The smallest absolute Gasteiger partial charge is 0.259 e. The third-order valence-corrected chi connectivity index (χ3v) is 3.67. The van der Waals surface area contributed by atoms with Crippen molar-refractivity contribution in [3.8, 4) is 11.5 Å². The van der Waals surface area contributed by atoms with Crippen LogP contribution in [0.3, 0.4) is 0 Å². The van der Waals surface area contributed by atoms with Gasteiger partial charge in [-0.15, -0.1) is 0 Å². The highest BCUT2D eigenvalue weighted by molar-refractivity contribution is 5.77. The number of primary amides is 1. The van der Waals surface area contributed by atoms with Crippen LogP contribution >= 0.6 is 0 Å². The highest BCUT2D eigenvalue weighted by atomic mass is 16.5. The normalized spacial score (nSPS) is 18.7. The van der Waals surface area contributed by atoms with Gasteiger partial charge in [0.25, 0.3) is 5.89 Å². The standard InChI is InChI=1S/C14H17N5O2/c1-9-17-14(21-18-9)10-4-5-12(16-7-10)19-6-2-3-11(8-19)13(15)20/h4-5,7,11H,2-3,6,8H2,1H3,(H2,15,20). The average Bonchev–Trinajstić information content (AvgIpc) is 2.94. The first kappa shape index (κ1) is 13.5. The van der Waals surface area contributed by atoms with Crippen LogP contribution in [0.15, 0.2) is 22.9 Å². The predicted octanol–water partition coefficient (Wildman–Crippen LogP) is 1.14. The molecule has 0 aliphatic carbocycles. The van der Waals surface area contributed by atoms with Gasteiger partial charge in [0.1, 0.15) is 5.82 Å². The van der Waals surface area contributed by atoms with E-state index >= 15 is 0 Å². The van der Waals surface area contributed by atoms with E-state index in [4.69, 9.17) is 10.3 Å². The number of nitrogens with two attached hydrogens (primary N) is 1. The topological polar surface area (TPSA) is 98.1 Å². The molecule has 0 bridgehead atoms. The number of rotatable bonds is 3. The number of carbonyl (C=O) groups is 1. The Bertz CT molecular complexity index is 637. The summed E-state index contributed by atoms with van der Waals surface area (Å²) in [5.74, 6) is 1.55. The summed E-state index contributed by atoms with van der Waals surface area (Å²) in [7, 11) is 0. The van der Waals surface area contributed by atoms with Gasteiger partial charge in [-0.05, 0) is 31.9 Å². The largest absolute Gasteiger partial charge is 0.369 e. The van der Waals surface area contributed by atoms with E-state index in [-0.39, 0.29) is 11.8 Å². The lowest BCUT2D eigenvalue weighted by molar-refractivity contribution is -0.122. The number of pyridine rings is 1. The van der Waals surface area contributed by atoms with Crippen molar-refractivity contribution < 1.29 is 9.32 Å². The number of anilines is 1. The summed E-state index contributed by atoms with van der Waals surface area (Å²) in [6.45, 7) is 3.28. The van der Waals surface area contributed by atoms with Gasteiger partial charge in [0.05, 0.1) is 11.5 Å². The maximum atomic E-state index is 11.3. The first-order valence-electron chi connectivity index (χ1n) is 6.94. The molecule has 1 amide bonds. The van der Waals surface area contributed by atoms with Gasteiger partial charge in [0, 0.05) is 19.3 Å². The van der Waals surface area contributed by atoms with Gasteiger partial charge in [-0.2, -0.15) is 4.98 Å². The second-order valence-electron chi connectivity index (χ2n) is 5.24. The van der Waals surface area contributed by atoms with E-state index in [9.17, 15) is 4.79 Å². The van der Waals surface area contributed by atoms with Gasteiger partial charge in [-0.3, -0.25) is 4.79 Å². The number of piperidine rings is 1. The Labute approximate surface area is 122 Å². The van der Waals surface area contributed by atoms with Crippen LogP contribution in [0.1, 0.15) is 18.7 Å². The second kappa shape index (κ2) is 5.51. The van der Waals surface area contributed by atoms with Crippen molar-refractivity contribution >= 4 is 11.7 Å². The van der Waals surface area contributed by atoms with Gasteiger partial charge < -0.3 is 15.2 Å². The summed E-state index contributed by atoms with van der Waals surface area (Å²) in [4.78, 5) is 22.0. The van der Waals surface area contributed by atoms with Crippen molar-refractivity contribution in [1.82, 2.24) is 15.1 Å². The Balaban J connectivity index is 1.76. The molecule has 2 N–H and O–H groups in total. The lowest BCUT2D eigenvalue weighted by atomic mass is 9.97. The van der Waals surface area contributed by atoms with Gasteiger partial charge in [-0.1, -0.05) is 5.16 Å². The third-order valence-electron chi connectivity index (χ3n) is 3.67. The second-order valence-corrected chi connectivity index (χ2v) is 5.24. The number of hydrogen-bond acceptors (Lipinski definition) is 6. The van der Waals surface area contributed by atoms with E-state index in [1.165, 1.54) is 0 Å². The van der Waals surface area contributed by atoms with E-state index in [1.807, 2.05) is 12.1 Å². The van der Waals surface area contributed by atoms with Crippen molar-refractivity contribution in [1.29, 1.82) is 0 Å². The van der Waals surface area contributed by atoms with E-state index in [1.54, 1.807) is 13.1 Å². The molecule has 3 heterocycles. The molecule has 0 radical (unpaired) electrons. The fourth-order valence-corrected chi connectivity index (χ4v) is 2.53. The Morgan fingerprint density at radius 3 is 2.95 bits per heavy atom. The molecule has 21 heavy (non-hydrogen) atoms. The van der Waals surface area contributed by atoms with E-state index < -0.39 is 0 Å². The molecule has 7 heteroatoms. The summed E-state index contributed by atoms with van der Waals surface area (Å²) < 4.78 is 5.11. The van der Waals surface area contributed by atoms with Gasteiger partial charge in [0.15, 0.2) is 5.82 Å². The Morgan fingerprint density at radius 2 is 2.33 bits per heavy atom. The molecule has 0 aromatic carbocycles. The lowest BCUT2D eigenvalue weighted by Crippen LogP contribution is -2.41. The number of hydrogen-bond donors (Lipinski definition) is 1. The summed E-state index contributed by atoms with van der Waals surface area (Å²) in [6, 6.07) is 3.79. The number of amides is 1. The zero-order valence-corrected chi connectivity index (χ0v) is 11.8. The minimum Gasteiger partial charge on any atom is -0.369 e. The molecule has 1 aliphatic rings. The molecule has 3 rings (SSSR count). The minimum absolute atomic E-state index is 0.0983. The fraction of sp³-hybridized carbons (Fsp3) is 0.429. The molecule has 1 fully saturated rings. The van der Waals surface area contributed by atoms with Crippen LogP contribution in [0.2, 0.25) is 0 Å². The van der Waals surface area contributed by atoms with Crippen LogP contribution < -0.4 is 10.6 Å². The van der Waals surface area contributed by atoms with Gasteiger partial charge in [0.2, 0.25) is 5.91 Å². The molecule has 0 spiro atoms. The molecule has 2 aromatic heterocycles. The van der Waals surface area contributed by atoms with Crippen molar-refractivity contribution in [2.24, 2.45) is 11.7 Å². The van der Waals surface area contributed by atoms with Gasteiger partial charge in [-0.25, -0.2) is 4.98 Å². The van der Waals surface area contributed by atoms with Crippen LogP contribution in [0.25, 0.3) is 11.5 Å². The summed E-state index contributed by atoms with van der Waals surface area (Å²) in [6.07, 6.45) is 3.50. The first-order valence-corrected chi connectivity index (χ1v) is 6.94. The predicted molar refractivity (Wildman–Crippen MR) is 76.4 cm³/mol. The number of aromatic nitrogens is 3. The van der Waals surface area contributed by atoms with Crippen LogP contribution in [-0.4, -0.2) is 34.1 Å². The zero-order valence-electron chi connectivity index (χ0n) is 11.8. The van der Waals surface area contributed by atoms with Crippen molar-refractivity contribution in [2.45, 2.75) is 19.8 Å². The molecular weight excluding hydrogens is 270 g/mol. The first-order chi connectivity index (χ1) is 10.1. The van der Waals surface area contributed by atoms with Crippen LogP contribution in [0, 0.1) is 12.8 Å². The van der Waals surface area contributed by atoms with Crippen molar-refractivity contribution in [3.05, 3.63) is 24.2 Å². The quantitative estimate of drug-likeness (QED) is 0.909. The van der Waals surface area contributed by atoms with Crippen LogP contribution in [0.5, 0.6) is 0 Å². The van der Waals surface area contributed by atoms with Crippen LogP contribution in [-0.2, 0) is 4.79 Å². The average molecular weight is 287 g/mol. The molecular formula is C14H17N5O2. The molecule has 2 aromatic rings. The Hall–Kier alpha value is -2.44. The Morgan fingerprint density at radius 1 is 1.48 bits per heavy atom. The molecule has 1 unspecified atom stereocenters. The SMILES string of the molecule is Cc1noc(-c2ccc(N3CCCC(C(N)=O)C3)nc2)n1. The monoisotopic (exact) mass is 287 g/mol. The minimum atomic E-state index is -0.238. The fourth-order valence-electron chi connectivity index (χ4n) is 2.53. The summed E-state index contributed by atoms with van der Waals surface area (Å²) >= 11 is 0. The molecule has 1 saturated heterocycles. The van der Waals surface area contributed by atoms with Crippen molar-refractivity contribution in [3.63, 3.8) is 0 Å². The molecule has 0 saturated carbocycles. The molecule has 110 valence electrons. The third kappa shape index (κ3) is 2.86. The summed E-state index contributed by atoms with van der Waals surface area (Å²) in [5.41, 5.74) is 6.18. The maximum absolute atomic E-state index is 11.3. The molecule has 1 aliphatic heterocycles. The summed E-state index contributed by atoms with van der Waals surface area (Å²) in [5, 5.41) is 3.76. The van der Waals surface area contributed by atoms with E-state index in [0.29, 0.717) is 18.3 Å². The molecule has 1 atom stereocenters. The Kier molecular flexibility index (Phi) is 3.55. The van der Waals surface area contributed by atoms with Crippen LogP contribution in [0.4, 0.5) is 5.82 Å². The van der Waals surface area contributed by atoms with E-state index in [2.05, 4.69) is 20.0 Å². The highest BCUT2D eigenvalue weighted by Gasteiger charge is 2.24. The molecule has 7 nitrogen and oxygen atoms in total. The van der Waals surface area contributed by atoms with E-state index in [0.717, 1.165) is 30.8 Å². The maximum Gasteiger partial charge on any atom is 0.259 e. The number of carbonyl (C=O) groups excluding carboxylic acids is 1. The van der Waals surface area contributed by atoms with Crippen molar-refractivity contribution in [2.75, 3.05) is 18.0 Å². The van der Waals surface area contributed by atoms with Gasteiger partial charge >= 0.3 is 0 Å². The lowest BCUT2D eigenvalue weighted by Gasteiger charge is -2.32. The number of aryl methyl sites for hydroxylation is 1.